The summed E-state index contributed by atoms with van der Waals surface area (Å²) in [5, 5.41) is 3.90. The molecule has 1 unspecified atom stereocenters. The van der Waals surface area contributed by atoms with Gasteiger partial charge in [0.25, 0.3) is 0 Å². The molecule has 0 saturated heterocycles. The van der Waals surface area contributed by atoms with Gasteiger partial charge in [0, 0.05) is 25.2 Å². The van der Waals surface area contributed by atoms with Gasteiger partial charge in [-0.1, -0.05) is 0 Å². The first-order valence-electron chi connectivity index (χ1n) is 5.50. The Morgan fingerprint density at radius 1 is 1.50 bits per heavy atom. The van der Waals surface area contributed by atoms with Gasteiger partial charge in [0.15, 0.2) is 0 Å². The van der Waals surface area contributed by atoms with Crippen molar-refractivity contribution in [1.82, 2.24) is 9.78 Å². The van der Waals surface area contributed by atoms with Gasteiger partial charge in [0.05, 0.1) is 12.8 Å². The van der Waals surface area contributed by atoms with Gasteiger partial charge >= 0.3 is 15.6 Å². The van der Waals surface area contributed by atoms with Crippen LogP contribution in [0.1, 0.15) is 18.1 Å². The lowest BCUT2D eigenvalue weighted by atomic mass is 10.1. The van der Waals surface area contributed by atoms with Gasteiger partial charge in [-0.3, -0.25) is 4.68 Å². The molecule has 2 heterocycles. The van der Waals surface area contributed by atoms with Crippen molar-refractivity contribution in [1.29, 1.82) is 0 Å². The van der Waals surface area contributed by atoms with Gasteiger partial charge in [-0.25, -0.2) is 0 Å². The number of aromatic nitrogens is 2. The minimum atomic E-state index is -5.64. The van der Waals surface area contributed by atoms with Crippen LogP contribution in [0.15, 0.2) is 24.2 Å². The summed E-state index contributed by atoms with van der Waals surface area (Å²) in [5.74, 6) is -0.289. The Morgan fingerprint density at radius 2 is 2.20 bits per heavy atom. The third-order valence-electron chi connectivity index (χ3n) is 2.54. The first kappa shape index (κ1) is 14.9. The van der Waals surface area contributed by atoms with Crippen LogP contribution in [0.4, 0.5) is 13.2 Å². The van der Waals surface area contributed by atoms with Crippen molar-refractivity contribution in [2.75, 3.05) is 6.61 Å². The van der Waals surface area contributed by atoms with Crippen LogP contribution in [0.3, 0.4) is 0 Å². The molecule has 1 aliphatic heterocycles. The Labute approximate surface area is 112 Å². The number of rotatable bonds is 3. The van der Waals surface area contributed by atoms with Crippen LogP contribution in [0, 0.1) is 0 Å². The van der Waals surface area contributed by atoms with Gasteiger partial charge in [-0.05, 0) is 6.08 Å². The van der Waals surface area contributed by atoms with E-state index in [-0.39, 0.29) is 18.8 Å². The maximum Gasteiger partial charge on any atom is 0.534 e. The fraction of sp³-hybridized carbons (Fsp3) is 0.500. The predicted molar refractivity (Wildman–Crippen MR) is 60.7 cm³/mol. The molecule has 0 N–H and O–H groups in total. The zero-order valence-electron chi connectivity index (χ0n) is 10.3. The van der Waals surface area contributed by atoms with Crippen molar-refractivity contribution in [2.45, 2.75) is 18.0 Å². The van der Waals surface area contributed by atoms with Crippen molar-refractivity contribution in [3.05, 3.63) is 29.8 Å². The minimum Gasteiger partial charge on any atom is -0.381 e. The zero-order chi connectivity index (χ0) is 15.0. The van der Waals surface area contributed by atoms with E-state index in [1.807, 2.05) is 0 Å². The highest BCUT2D eigenvalue weighted by molar-refractivity contribution is 7.87. The quantitative estimate of drug-likeness (QED) is 0.627. The maximum atomic E-state index is 12.2. The molecule has 6 nitrogen and oxygen atoms in total. The van der Waals surface area contributed by atoms with Crippen molar-refractivity contribution >= 4 is 10.1 Å². The molecular weight excluding hydrogens is 301 g/mol. The summed E-state index contributed by atoms with van der Waals surface area (Å²) < 4.78 is 69.4. The molecule has 112 valence electrons. The number of ether oxygens (including phenoxy) is 1. The number of alkyl halides is 3. The molecule has 1 aliphatic rings. The second kappa shape index (κ2) is 5.09. The number of nitrogens with zero attached hydrogens (tertiary/aromatic N) is 2. The van der Waals surface area contributed by atoms with Crippen LogP contribution in [0.5, 0.6) is 0 Å². The van der Waals surface area contributed by atoms with E-state index in [2.05, 4.69) is 9.28 Å². The second-order valence-electron chi connectivity index (χ2n) is 4.10. The summed E-state index contributed by atoms with van der Waals surface area (Å²) >= 11 is 0. The van der Waals surface area contributed by atoms with E-state index in [9.17, 15) is 21.6 Å². The van der Waals surface area contributed by atoms with Gasteiger partial charge in [0.1, 0.15) is 11.9 Å². The summed E-state index contributed by atoms with van der Waals surface area (Å²) in [6.07, 6.45) is 3.55. The topological polar surface area (TPSA) is 70.4 Å². The van der Waals surface area contributed by atoms with Crippen LogP contribution >= 0.6 is 0 Å². The monoisotopic (exact) mass is 312 g/mol. The highest BCUT2D eigenvalue weighted by Gasteiger charge is 2.49. The smallest absolute Gasteiger partial charge is 0.381 e. The molecule has 1 aromatic rings. The third-order valence-corrected chi connectivity index (χ3v) is 3.54. The van der Waals surface area contributed by atoms with Crippen molar-refractivity contribution < 1.29 is 30.5 Å². The zero-order valence-corrected chi connectivity index (χ0v) is 11.1. The first-order valence-corrected chi connectivity index (χ1v) is 6.91. The summed E-state index contributed by atoms with van der Waals surface area (Å²) in [4.78, 5) is 0. The normalized spacial score (nSPS) is 20.6. The molecule has 0 amide bonds. The van der Waals surface area contributed by atoms with Gasteiger partial charge in [-0.2, -0.15) is 26.7 Å². The number of aryl methyl sites for hydroxylation is 1. The largest absolute Gasteiger partial charge is 0.534 e. The SMILES string of the molecule is Cn1cc(C2C=C(OS(=O)(=O)C(F)(F)F)CCO2)cn1. The predicted octanol–water partition coefficient (Wildman–Crippen LogP) is 1.63. The van der Waals surface area contributed by atoms with E-state index >= 15 is 0 Å². The van der Waals surface area contributed by atoms with Crippen LogP contribution in [0.2, 0.25) is 0 Å². The van der Waals surface area contributed by atoms with Crippen LogP contribution in [0.25, 0.3) is 0 Å². The molecule has 0 fully saturated rings. The van der Waals surface area contributed by atoms with Crippen LogP contribution in [-0.4, -0.2) is 30.3 Å². The van der Waals surface area contributed by atoms with Crippen molar-refractivity contribution in [3.8, 4) is 0 Å². The first-order chi connectivity index (χ1) is 9.19. The fourth-order valence-corrected chi connectivity index (χ4v) is 2.14. The highest BCUT2D eigenvalue weighted by atomic mass is 32.2. The standard InChI is InChI=1S/C10H11F3N2O4S/c1-15-6-7(5-14-15)9-4-8(2-3-18-9)19-20(16,17)10(11,12)13/h4-6,9H,2-3H2,1H3. The second-order valence-corrected chi connectivity index (χ2v) is 5.64. The Hall–Kier alpha value is -1.55. The molecule has 1 atom stereocenters. The molecule has 2 rings (SSSR count). The Kier molecular flexibility index (Phi) is 3.78. The average molecular weight is 312 g/mol. The number of halogens is 3. The Balaban J connectivity index is 2.19. The van der Waals surface area contributed by atoms with Crippen LogP contribution < -0.4 is 0 Å². The van der Waals surface area contributed by atoms with E-state index in [0.29, 0.717) is 5.56 Å². The Morgan fingerprint density at radius 3 is 2.75 bits per heavy atom. The summed E-state index contributed by atoms with van der Waals surface area (Å²) in [5.41, 5.74) is -4.85. The number of hydrogen-bond donors (Lipinski definition) is 0. The van der Waals surface area contributed by atoms with E-state index in [1.165, 1.54) is 17.0 Å². The van der Waals surface area contributed by atoms with E-state index in [1.54, 1.807) is 13.2 Å². The molecule has 10 heteroatoms. The van der Waals surface area contributed by atoms with Crippen molar-refractivity contribution in [3.63, 3.8) is 0 Å². The van der Waals surface area contributed by atoms with Crippen LogP contribution in [-0.2, 0) is 26.1 Å². The molecule has 20 heavy (non-hydrogen) atoms. The molecule has 0 spiro atoms. The molecule has 0 saturated carbocycles. The van der Waals surface area contributed by atoms with Gasteiger partial charge in [-0.15, -0.1) is 0 Å². The molecule has 0 aromatic carbocycles. The lowest BCUT2D eigenvalue weighted by Gasteiger charge is -2.21. The van der Waals surface area contributed by atoms with Gasteiger partial charge in [0.2, 0.25) is 0 Å². The molecular formula is C10H11F3N2O4S. The minimum absolute atomic E-state index is 0.0495. The average Bonchev–Trinajstić information content (AvgIpc) is 2.74. The maximum absolute atomic E-state index is 12.2. The van der Waals surface area contributed by atoms with E-state index in [0.717, 1.165) is 0 Å². The fourth-order valence-electron chi connectivity index (χ4n) is 1.62. The van der Waals surface area contributed by atoms with Gasteiger partial charge < -0.3 is 8.92 Å². The lowest BCUT2D eigenvalue weighted by molar-refractivity contribution is -0.0530. The molecule has 0 aliphatic carbocycles. The summed E-state index contributed by atoms with van der Waals surface area (Å²) in [6, 6.07) is 0. The summed E-state index contributed by atoms with van der Waals surface area (Å²) in [6.45, 7) is 0.0543. The molecule has 1 aromatic heterocycles. The van der Waals surface area contributed by atoms with E-state index < -0.39 is 21.7 Å². The molecule has 0 radical (unpaired) electrons. The summed E-state index contributed by atoms with van der Waals surface area (Å²) in [7, 11) is -3.97. The van der Waals surface area contributed by atoms with Crippen molar-refractivity contribution in [2.24, 2.45) is 7.05 Å². The molecule has 0 bridgehead atoms. The highest BCUT2D eigenvalue weighted by Crippen LogP contribution is 2.31. The number of hydrogen-bond acceptors (Lipinski definition) is 5. The Bertz CT molecular complexity index is 621. The van der Waals surface area contributed by atoms with E-state index in [4.69, 9.17) is 4.74 Å². The third kappa shape index (κ3) is 3.12. The lowest BCUT2D eigenvalue weighted by Crippen LogP contribution is -2.26.